The van der Waals surface area contributed by atoms with Crippen LogP contribution < -0.4 is 21.1 Å². The fourth-order valence-corrected chi connectivity index (χ4v) is 11.7. The molecule has 0 fully saturated rings. The summed E-state index contributed by atoms with van der Waals surface area (Å²) in [6.45, 7) is 0. The average Bonchev–Trinajstić information content (AvgIpc) is 3.98. The second-order valence-corrected chi connectivity index (χ2v) is 19.0. The van der Waals surface area contributed by atoms with Crippen molar-refractivity contribution in [3.8, 4) is 44.5 Å². The molecule has 69 heavy (non-hydrogen) atoms. The van der Waals surface area contributed by atoms with E-state index in [-0.39, 0.29) is 0 Å². The maximum absolute atomic E-state index is 7.08. The monoisotopic (exact) mass is 895 g/mol. The fourth-order valence-electron chi connectivity index (χ4n) is 10.5. The highest BCUT2D eigenvalue weighted by Crippen LogP contribution is 2.50. The minimum atomic E-state index is 0.824. The molecule has 0 aliphatic carbocycles. The van der Waals surface area contributed by atoms with Crippen molar-refractivity contribution in [3.05, 3.63) is 237 Å². The van der Waals surface area contributed by atoms with Gasteiger partial charge in [-0.2, -0.15) is 0 Å². The van der Waals surface area contributed by atoms with Gasteiger partial charge in [0.05, 0.1) is 16.1 Å². The molecular weight excluding hydrogens is 856 g/mol. The Morgan fingerprint density at radius 3 is 1.74 bits per heavy atom. The van der Waals surface area contributed by atoms with Crippen LogP contribution in [0.5, 0.6) is 0 Å². The predicted octanol–water partition coefficient (Wildman–Crippen LogP) is 17.0. The summed E-state index contributed by atoms with van der Waals surface area (Å²) < 4.78 is 9.59. The molecule has 1 aliphatic rings. The molecule has 1 N–H and O–H groups in total. The molecule has 0 spiro atoms. The van der Waals surface area contributed by atoms with E-state index in [1.807, 2.05) is 11.3 Å². The molecule has 2 aromatic heterocycles. The first-order valence-corrected chi connectivity index (χ1v) is 24.3. The third-order valence-electron chi connectivity index (χ3n) is 13.9. The SMILES string of the molecule is [B]1c2cc(-c3ccccc3)ccc2N(c2ccc(-c3ccccc3)cc2)c2c1c(-c1ccc3c(oc4cc5ccccc5cc43)c1Nc1ccc(-c3ccccc3)cc1)cc1c2sc2ccccc21. The number of fused-ring (bicyclic) bond motifs is 10. The molecule has 13 aromatic rings. The summed E-state index contributed by atoms with van der Waals surface area (Å²) in [5, 5.41) is 10.9. The summed E-state index contributed by atoms with van der Waals surface area (Å²) in [6, 6.07) is 85.6. The van der Waals surface area contributed by atoms with E-state index in [1.54, 1.807) is 0 Å². The Kier molecular flexibility index (Phi) is 9.17. The van der Waals surface area contributed by atoms with E-state index in [4.69, 9.17) is 4.42 Å². The predicted molar refractivity (Wildman–Crippen MR) is 295 cm³/mol. The Morgan fingerprint density at radius 1 is 0.435 bits per heavy atom. The van der Waals surface area contributed by atoms with Crippen LogP contribution in [0.25, 0.3) is 97.4 Å². The number of anilines is 5. The maximum Gasteiger partial charge on any atom is 0.197 e. The Hall–Kier alpha value is -8.64. The minimum Gasteiger partial charge on any atom is -0.454 e. The number of benzene rings is 11. The van der Waals surface area contributed by atoms with Crippen LogP contribution in [0, 0.1) is 0 Å². The van der Waals surface area contributed by atoms with E-state index >= 15 is 0 Å². The summed E-state index contributed by atoms with van der Waals surface area (Å²) in [5.41, 5.74) is 18.6. The third-order valence-corrected chi connectivity index (χ3v) is 15.1. The third kappa shape index (κ3) is 6.65. The van der Waals surface area contributed by atoms with Crippen LogP contribution >= 0.6 is 11.3 Å². The Balaban J connectivity index is 1.04. The first kappa shape index (κ1) is 39.5. The van der Waals surface area contributed by atoms with Gasteiger partial charge in [0.1, 0.15) is 5.58 Å². The van der Waals surface area contributed by atoms with E-state index in [1.165, 1.54) is 64.6 Å². The molecule has 1 aliphatic heterocycles. The van der Waals surface area contributed by atoms with E-state index in [2.05, 4.69) is 254 Å². The van der Waals surface area contributed by atoms with E-state index in [9.17, 15) is 0 Å². The van der Waals surface area contributed by atoms with Gasteiger partial charge in [-0.15, -0.1) is 11.3 Å². The van der Waals surface area contributed by atoms with Crippen LogP contribution in [-0.4, -0.2) is 7.28 Å². The van der Waals surface area contributed by atoms with Crippen molar-refractivity contribution in [2.75, 3.05) is 10.2 Å². The zero-order valence-corrected chi connectivity index (χ0v) is 38.2. The first-order chi connectivity index (χ1) is 34.2. The Labute approximate surface area is 404 Å². The maximum atomic E-state index is 7.08. The van der Waals surface area contributed by atoms with Crippen molar-refractivity contribution in [1.82, 2.24) is 0 Å². The van der Waals surface area contributed by atoms with Gasteiger partial charge in [0.25, 0.3) is 0 Å². The summed E-state index contributed by atoms with van der Waals surface area (Å²) in [4.78, 5) is 2.51. The zero-order valence-electron chi connectivity index (χ0n) is 37.4. The quantitative estimate of drug-likeness (QED) is 0.162. The van der Waals surface area contributed by atoms with Crippen molar-refractivity contribution in [2.45, 2.75) is 0 Å². The first-order valence-electron chi connectivity index (χ1n) is 23.5. The number of nitrogens with zero attached hydrogens (tertiary/aromatic N) is 1. The molecule has 0 saturated carbocycles. The van der Waals surface area contributed by atoms with Crippen molar-refractivity contribution >= 4 is 111 Å². The van der Waals surface area contributed by atoms with Gasteiger partial charge < -0.3 is 14.6 Å². The molecule has 0 bridgehead atoms. The van der Waals surface area contributed by atoms with Crippen LogP contribution in [0.2, 0.25) is 0 Å². The van der Waals surface area contributed by atoms with Gasteiger partial charge in [0.15, 0.2) is 12.9 Å². The minimum absolute atomic E-state index is 0.824. The second kappa shape index (κ2) is 16.0. The normalized spacial score (nSPS) is 12.1. The second-order valence-electron chi connectivity index (χ2n) is 17.9. The van der Waals surface area contributed by atoms with Crippen LogP contribution in [-0.2, 0) is 0 Å². The number of furan rings is 1. The zero-order chi connectivity index (χ0) is 45.4. The van der Waals surface area contributed by atoms with Gasteiger partial charge >= 0.3 is 0 Å². The summed E-state index contributed by atoms with van der Waals surface area (Å²) in [6.07, 6.45) is 0. The smallest absolute Gasteiger partial charge is 0.197 e. The molecular formula is C64H40BN2OS. The van der Waals surface area contributed by atoms with Crippen LogP contribution in [0.4, 0.5) is 28.4 Å². The lowest BCUT2D eigenvalue weighted by Gasteiger charge is -2.36. The largest absolute Gasteiger partial charge is 0.454 e. The number of nitrogens with one attached hydrogen (secondary N) is 1. The average molecular weight is 896 g/mol. The standard InChI is InChI=1S/C64H40BN2OS/c1-4-14-40(15-5-1)43-24-29-48(30-25-43)66-61-51(33-34-52-53-36-45-20-10-11-21-46(45)38-58(53)68-63(52)61)54-39-55-50-22-12-13-23-59(50)69-64(55)62-60(54)65-56-37-47(42-18-8-3-9-19-42)28-35-57(56)67(62)49-31-26-44(27-32-49)41-16-6-2-7-17-41/h1-39,66H. The fraction of sp³-hybridized carbons (Fsp3) is 0. The van der Waals surface area contributed by atoms with Gasteiger partial charge in [-0.1, -0.05) is 181 Å². The highest BCUT2D eigenvalue weighted by molar-refractivity contribution is 7.26. The summed E-state index contributed by atoms with van der Waals surface area (Å²) in [7, 11) is 2.43. The van der Waals surface area contributed by atoms with Gasteiger partial charge in [0.2, 0.25) is 0 Å². The summed E-state index contributed by atoms with van der Waals surface area (Å²) >= 11 is 1.87. The van der Waals surface area contributed by atoms with E-state index in [0.29, 0.717) is 0 Å². The molecule has 5 heteroatoms. The molecule has 14 rings (SSSR count). The molecule has 0 amide bonds. The van der Waals surface area contributed by atoms with Crippen molar-refractivity contribution in [1.29, 1.82) is 0 Å². The number of thiophene rings is 1. The van der Waals surface area contributed by atoms with Crippen LogP contribution in [0.1, 0.15) is 0 Å². The van der Waals surface area contributed by atoms with Gasteiger partial charge in [-0.3, -0.25) is 0 Å². The lowest BCUT2D eigenvalue weighted by molar-refractivity contribution is 0.671. The van der Waals surface area contributed by atoms with Crippen molar-refractivity contribution in [3.63, 3.8) is 0 Å². The lowest BCUT2D eigenvalue weighted by atomic mass is 9.57. The Bertz CT molecular complexity index is 4110. The van der Waals surface area contributed by atoms with E-state index in [0.717, 1.165) is 72.1 Å². The molecule has 0 saturated heterocycles. The lowest BCUT2D eigenvalue weighted by Crippen LogP contribution is -2.41. The van der Waals surface area contributed by atoms with Crippen LogP contribution in [0.3, 0.4) is 0 Å². The summed E-state index contributed by atoms with van der Waals surface area (Å²) in [5.74, 6) is 0. The molecule has 3 nitrogen and oxygen atoms in total. The topological polar surface area (TPSA) is 28.4 Å². The van der Waals surface area contributed by atoms with Crippen LogP contribution in [0.15, 0.2) is 241 Å². The van der Waals surface area contributed by atoms with Gasteiger partial charge in [-0.05, 0) is 116 Å². The van der Waals surface area contributed by atoms with Crippen molar-refractivity contribution < 1.29 is 4.42 Å². The number of hydrogen-bond acceptors (Lipinski definition) is 4. The van der Waals surface area contributed by atoms with Crippen molar-refractivity contribution in [2.24, 2.45) is 0 Å². The molecule has 0 atom stereocenters. The molecule has 1 radical (unpaired) electrons. The van der Waals surface area contributed by atoms with Gasteiger partial charge in [-0.25, -0.2) is 0 Å². The highest BCUT2D eigenvalue weighted by Gasteiger charge is 2.32. The molecule has 3 heterocycles. The number of hydrogen-bond donors (Lipinski definition) is 1. The highest BCUT2D eigenvalue weighted by atomic mass is 32.1. The van der Waals surface area contributed by atoms with Gasteiger partial charge in [0, 0.05) is 48.9 Å². The molecule has 0 unspecified atom stereocenters. The van der Waals surface area contributed by atoms with E-state index < -0.39 is 0 Å². The Morgan fingerprint density at radius 2 is 1.03 bits per heavy atom. The molecule has 11 aromatic carbocycles. The molecule has 321 valence electrons. The number of rotatable bonds is 7.